The predicted octanol–water partition coefficient (Wildman–Crippen LogP) is 1.85. The molecule has 1 saturated heterocycles. The van der Waals surface area contributed by atoms with Crippen LogP contribution in [0.3, 0.4) is 0 Å². The molecule has 116 valence electrons. The number of hydrogen-bond acceptors (Lipinski definition) is 4. The molecule has 0 aliphatic carbocycles. The van der Waals surface area contributed by atoms with Gasteiger partial charge in [-0.25, -0.2) is 0 Å². The molecule has 1 aliphatic heterocycles. The molecule has 5 heteroatoms. The topological polar surface area (TPSA) is 56.8 Å². The monoisotopic (exact) mass is 293 g/mol. The zero-order valence-electron chi connectivity index (χ0n) is 12.9. The Morgan fingerprint density at radius 2 is 2.05 bits per heavy atom. The second-order valence-corrected chi connectivity index (χ2v) is 5.25. The lowest BCUT2D eigenvalue weighted by Crippen LogP contribution is -2.32. The van der Waals surface area contributed by atoms with Gasteiger partial charge in [-0.05, 0) is 43.0 Å². The molecule has 2 rings (SSSR count). The zero-order chi connectivity index (χ0) is 15.2. The Labute approximate surface area is 125 Å². The fraction of sp³-hybridized carbons (Fsp3) is 0.562. The van der Waals surface area contributed by atoms with E-state index in [-0.39, 0.29) is 12.0 Å². The average Bonchev–Trinajstić information content (AvgIpc) is 3.00. The van der Waals surface area contributed by atoms with Crippen molar-refractivity contribution in [1.29, 1.82) is 0 Å². The van der Waals surface area contributed by atoms with Crippen molar-refractivity contribution in [3.05, 3.63) is 23.3 Å². The number of carbonyl (C=O) groups is 1. The summed E-state index contributed by atoms with van der Waals surface area (Å²) in [7, 11) is 3.19. The Morgan fingerprint density at radius 1 is 1.33 bits per heavy atom. The molecule has 1 aliphatic rings. The van der Waals surface area contributed by atoms with E-state index in [0.717, 1.165) is 30.6 Å². The lowest BCUT2D eigenvalue weighted by Gasteiger charge is -2.14. The van der Waals surface area contributed by atoms with Crippen molar-refractivity contribution in [3.8, 4) is 11.5 Å². The fourth-order valence-electron chi connectivity index (χ4n) is 2.48. The van der Waals surface area contributed by atoms with Crippen molar-refractivity contribution in [2.45, 2.75) is 32.3 Å². The highest BCUT2D eigenvalue weighted by Crippen LogP contribution is 2.30. The molecule has 1 N–H and O–H groups in total. The van der Waals surface area contributed by atoms with E-state index in [1.165, 1.54) is 0 Å². The van der Waals surface area contributed by atoms with Crippen LogP contribution in [0.15, 0.2) is 12.1 Å². The molecule has 0 spiro atoms. The van der Waals surface area contributed by atoms with Gasteiger partial charge in [-0.2, -0.15) is 0 Å². The lowest BCUT2D eigenvalue weighted by molar-refractivity contribution is -0.120. The second kappa shape index (κ2) is 7.31. The Morgan fingerprint density at radius 3 is 2.67 bits per heavy atom. The van der Waals surface area contributed by atoms with E-state index in [2.05, 4.69) is 5.32 Å². The average molecular weight is 293 g/mol. The molecule has 1 aromatic rings. The predicted molar refractivity (Wildman–Crippen MR) is 80.0 cm³/mol. The maximum absolute atomic E-state index is 12.0. The minimum absolute atomic E-state index is 0.000759. The Balaban J connectivity index is 1.96. The molecular weight excluding hydrogens is 270 g/mol. The van der Waals surface area contributed by atoms with Crippen LogP contribution in [0.1, 0.15) is 24.0 Å². The maximum atomic E-state index is 12.0. The number of rotatable bonds is 6. The summed E-state index contributed by atoms with van der Waals surface area (Å²) in [5.74, 6) is 1.32. The van der Waals surface area contributed by atoms with Gasteiger partial charge in [-0.15, -0.1) is 0 Å². The van der Waals surface area contributed by atoms with Crippen LogP contribution in [0.25, 0.3) is 0 Å². The standard InChI is InChI=1S/C16H23NO4/c1-11-7-14(19-2)15(20-3)8-12(11)9-16(18)17-10-13-5-4-6-21-13/h7-8,13H,4-6,9-10H2,1-3H3,(H,17,18). The van der Waals surface area contributed by atoms with E-state index in [9.17, 15) is 4.79 Å². The third kappa shape index (κ3) is 4.11. The van der Waals surface area contributed by atoms with Crippen LogP contribution >= 0.6 is 0 Å². The van der Waals surface area contributed by atoms with Gasteiger partial charge < -0.3 is 19.5 Å². The number of amides is 1. The van der Waals surface area contributed by atoms with E-state index >= 15 is 0 Å². The van der Waals surface area contributed by atoms with Gasteiger partial charge in [0.15, 0.2) is 11.5 Å². The Bertz CT molecular complexity index is 495. The fourth-order valence-corrected chi connectivity index (χ4v) is 2.48. The molecule has 1 aromatic carbocycles. The first-order chi connectivity index (χ1) is 10.1. The van der Waals surface area contributed by atoms with Crippen LogP contribution in [-0.2, 0) is 16.0 Å². The van der Waals surface area contributed by atoms with E-state index in [1.807, 2.05) is 19.1 Å². The van der Waals surface area contributed by atoms with Crippen molar-refractivity contribution in [2.24, 2.45) is 0 Å². The highest BCUT2D eigenvalue weighted by Gasteiger charge is 2.17. The molecule has 5 nitrogen and oxygen atoms in total. The molecule has 1 atom stereocenters. The first-order valence-corrected chi connectivity index (χ1v) is 7.24. The van der Waals surface area contributed by atoms with Gasteiger partial charge in [0.25, 0.3) is 0 Å². The number of benzene rings is 1. The van der Waals surface area contributed by atoms with Gasteiger partial charge in [0, 0.05) is 13.2 Å². The van der Waals surface area contributed by atoms with Crippen molar-refractivity contribution in [1.82, 2.24) is 5.32 Å². The number of nitrogens with one attached hydrogen (secondary N) is 1. The summed E-state index contributed by atoms with van der Waals surface area (Å²) >= 11 is 0. The molecule has 0 saturated carbocycles. The van der Waals surface area contributed by atoms with Gasteiger partial charge in [0.2, 0.25) is 5.91 Å². The first kappa shape index (κ1) is 15.6. The smallest absolute Gasteiger partial charge is 0.224 e. The molecular formula is C16H23NO4. The quantitative estimate of drug-likeness (QED) is 0.869. The number of aryl methyl sites for hydroxylation is 1. The van der Waals surface area contributed by atoms with Crippen LogP contribution in [0.4, 0.5) is 0 Å². The van der Waals surface area contributed by atoms with E-state index in [0.29, 0.717) is 24.5 Å². The number of methoxy groups -OCH3 is 2. The van der Waals surface area contributed by atoms with Gasteiger partial charge in [0.05, 0.1) is 26.7 Å². The molecule has 1 heterocycles. The van der Waals surface area contributed by atoms with Crippen LogP contribution < -0.4 is 14.8 Å². The summed E-state index contributed by atoms with van der Waals surface area (Å²) in [4.78, 5) is 12.0. The molecule has 0 radical (unpaired) electrons. The van der Waals surface area contributed by atoms with E-state index in [1.54, 1.807) is 14.2 Å². The Hall–Kier alpha value is -1.75. The molecule has 21 heavy (non-hydrogen) atoms. The highest BCUT2D eigenvalue weighted by atomic mass is 16.5. The number of ether oxygens (including phenoxy) is 3. The van der Waals surface area contributed by atoms with Crippen molar-refractivity contribution in [2.75, 3.05) is 27.4 Å². The summed E-state index contributed by atoms with van der Waals surface area (Å²) in [5.41, 5.74) is 1.96. The van der Waals surface area contributed by atoms with Crippen LogP contribution in [0.5, 0.6) is 11.5 Å². The largest absolute Gasteiger partial charge is 0.493 e. The minimum atomic E-state index is 0.000759. The van der Waals surface area contributed by atoms with E-state index < -0.39 is 0 Å². The third-order valence-electron chi connectivity index (χ3n) is 3.74. The third-order valence-corrected chi connectivity index (χ3v) is 3.74. The van der Waals surface area contributed by atoms with Gasteiger partial charge in [-0.1, -0.05) is 0 Å². The van der Waals surface area contributed by atoms with E-state index in [4.69, 9.17) is 14.2 Å². The minimum Gasteiger partial charge on any atom is -0.493 e. The van der Waals surface area contributed by atoms with Gasteiger partial charge >= 0.3 is 0 Å². The molecule has 1 unspecified atom stereocenters. The molecule has 1 amide bonds. The van der Waals surface area contributed by atoms with Crippen molar-refractivity contribution < 1.29 is 19.0 Å². The summed E-state index contributed by atoms with van der Waals surface area (Å²) in [6.07, 6.45) is 2.60. The summed E-state index contributed by atoms with van der Waals surface area (Å²) in [6.45, 7) is 3.35. The summed E-state index contributed by atoms with van der Waals surface area (Å²) in [6, 6.07) is 3.75. The SMILES string of the molecule is COc1cc(C)c(CC(=O)NCC2CCCO2)cc1OC. The van der Waals surface area contributed by atoms with Gasteiger partial charge in [0.1, 0.15) is 0 Å². The van der Waals surface area contributed by atoms with Crippen molar-refractivity contribution in [3.63, 3.8) is 0 Å². The molecule has 0 bridgehead atoms. The highest BCUT2D eigenvalue weighted by molar-refractivity contribution is 5.79. The number of carbonyl (C=O) groups excluding carboxylic acids is 1. The van der Waals surface area contributed by atoms with Gasteiger partial charge in [-0.3, -0.25) is 4.79 Å². The normalized spacial score (nSPS) is 17.6. The number of hydrogen-bond donors (Lipinski definition) is 1. The first-order valence-electron chi connectivity index (χ1n) is 7.24. The Kier molecular flexibility index (Phi) is 5.44. The zero-order valence-corrected chi connectivity index (χ0v) is 12.9. The maximum Gasteiger partial charge on any atom is 0.224 e. The van der Waals surface area contributed by atoms with Crippen molar-refractivity contribution >= 4 is 5.91 Å². The van der Waals surface area contributed by atoms with Crippen LogP contribution in [0, 0.1) is 6.92 Å². The molecule has 0 aromatic heterocycles. The molecule has 1 fully saturated rings. The summed E-state index contributed by atoms with van der Waals surface area (Å²) in [5, 5.41) is 2.93. The summed E-state index contributed by atoms with van der Waals surface area (Å²) < 4.78 is 16.0. The van der Waals surface area contributed by atoms with Crippen LogP contribution in [-0.4, -0.2) is 39.4 Å². The lowest BCUT2D eigenvalue weighted by atomic mass is 10.0. The second-order valence-electron chi connectivity index (χ2n) is 5.25. The van der Waals surface area contributed by atoms with Crippen LogP contribution in [0.2, 0.25) is 0 Å².